The number of ether oxygens (including phenoxy) is 1. The molecule has 32 heavy (non-hydrogen) atoms. The van der Waals surface area contributed by atoms with Gasteiger partial charge < -0.3 is 15.5 Å². The zero-order chi connectivity index (χ0) is 23.2. The van der Waals surface area contributed by atoms with Gasteiger partial charge in [0.1, 0.15) is 5.69 Å². The number of aromatic nitrogens is 2. The Labute approximate surface area is 183 Å². The maximum atomic E-state index is 14.5. The highest BCUT2D eigenvalue weighted by Gasteiger charge is 2.39. The minimum absolute atomic E-state index is 0.0305. The number of rotatable bonds is 4. The van der Waals surface area contributed by atoms with Crippen LogP contribution >= 0.6 is 0 Å². The van der Waals surface area contributed by atoms with Gasteiger partial charge in [0.25, 0.3) is 5.91 Å². The van der Waals surface area contributed by atoms with Crippen LogP contribution < -0.4 is 15.9 Å². The van der Waals surface area contributed by atoms with Gasteiger partial charge in [0.15, 0.2) is 17.0 Å². The molecule has 2 atom stereocenters. The second-order valence-electron chi connectivity index (χ2n) is 9.14. The maximum Gasteiger partial charge on any atom is 0.268 e. The predicted octanol–water partition coefficient (Wildman–Crippen LogP) is 4.39. The fourth-order valence-electron chi connectivity index (χ4n) is 4.94. The molecule has 168 valence electrons. The molecule has 8 heteroatoms. The summed E-state index contributed by atoms with van der Waals surface area (Å²) >= 11 is 0. The van der Waals surface area contributed by atoms with Gasteiger partial charge in [-0.25, -0.2) is 4.39 Å². The smallest absolute Gasteiger partial charge is 0.268 e. The fourth-order valence-corrected chi connectivity index (χ4v) is 4.94. The zero-order valence-corrected chi connectivity index (χ0v) is 18.2. The zero-order valence-electron chi connectivity index (χ0n) is 18.2. The molecule has 0 spiro atoms. The third-order valence-corrected chi connectivity index (χ3v) is 6.47. The van der Waals surface area contributed by atoms with Gasteiger partial charge in [-0.1, -0.05) is 19.9 Å². The van der Waals surface area contributed by atoms with E-state index in [-0.39, 0.29) is 39.5 Å². The van der Waals surface area contributed by atoms with E-state index in [1.165, 1.54) is 19.4 Å². The second-order valence-corrected chi connectivity index (χ2v) is 9.14. The molecule has 0 bridgehead atoms. The summed E-state index contributed by atoms with van der Waals surface area (Å²) in [6.07, 6.45) is 3.74. The van der Waals surface area contributed by atoms with E-state index < -0.39 is 17.5 Å². The number of primary amides is 1. The van der Waals surface area contributed by atoms with E-state index in [0.29, 0.717) is 23.2 Å². The van der Waals surface area contributed by atoms with E-state index in [1.54, 1.807) is 12.1 Å². The third kappa shape index (κ3) is 3.74. The van der Waals surface area contributed by atoms with Crippen LogP contribution in [0.15, 0.2) is 35.3 Å². The standard InChI is InChI=1S/C24H25F2N3O3/c1-24(2)8-6-12(14(11-24)13-4-5-15(25)20(26)22(13)32-3)17-10-18(30)19-16(29-17)7-9-28-21(19)23(27)31/h4-5,7,9-10,12,14H,6,8,11H2,1-3H3,(H2,27,31)(H,29,30). The fraction of sp³-hybridized carbons (Fsp3) is 0.375. The van der Waals surface area contributed by atoms with Gasteiger partial charge in [-0.15, -0.1) is 0 Å². The van der Waals surface area contributed by atoms with Crippen molar-refractivity contribution in [3.05, 3.63) is 69.3 Å². The lowest BCUT2D eigenvalue weighted by Crippen LogP contribution is -2.29. The van der Waals surface area contributed by atoms with E-state index in [4.69, 9.17) is 10.5 Å². The molecule has 1 aliphatic rings. The Bertz CT molecular complexity index is 1270. The van der Waals surface area contributed by atoms with Crippen molar-refractivity contribution >= 4 is 16.8 Å². The molecular weight excluding hydrogens is 416 g/mol. The highest BCUT2D eigenvalue weighted by atomic mass is 19.2. The SMILES string of the molecule is COc1c(C2CC(C)(C)CCC2c2cc(=O)c3c(C(N)=O)nccc3[nH]2)ccc(F)c1F. The lowest BCUT2D eigenvalue weighted by atomic mass is 9.64. The summed E-state index contributed by atoms with van der Waals surface area (Å²) in [5.41, 5.74) is 6.59. The van der Waals surface area contributed by atoms with E-state index in [9.17, 15) is 18.4 Å². The largest absolute Gasteiger partial charge is 0.493 e. The number of H-pyrrole nitrogens is 1. The number of hydrogen-bond acceptors (Lipinski definition) is 4. The van der Waals surface area contributed by atoms with Crippen molar-refractivity contribution in [1.82, 2.24) is 9.97 Å². The number of benzene rings is 1. The Morgan fingerprint density at radius 2 is 2.00 bits per heavy atom. The Morgan fingerprint density at radius 1 is 1.25 bits per heavy atom. The molecule has 1 aromatic carbocycles. The normalized spacial score (nSPS) is 20.3. The number of halogens is 2. The summed E-state index contributed by atoms with van der Waals surface area (Å²) in [4.78, 5) is 31.9. The van der Waals surface area contributed by atoms with Crippen molar-refractivity contribution in [1.29, 1.82) is 0 Å². The van der Waals surface area contributed by atoms with Crippen LogP contribution in [0.1, 0.15) is 66.7 Å². The number of carbonyl (C=O) groups excluding carboxylic acids is 1. The first-order chi connectivity index (χ1) is 15.1. The first-order valence-electron chi connectivity index (χ1n) is 10.5. The number of methoxy groups -OCH3 is 1. The van der Waals surface area contributed by atoms with Crippen LogP contribution in [-0.4, -0.2) is 23.0 Å². The van der Waals surface area contributed by atoms with Gasteiger partial charge in [0.2, 0.25) is 5.82 Å². The number of amides is 1. The first-order valence-corrected chi connectivity index (χ1v) is 10.5. The number of fused-ring (bicyclic) bond motifs is 1. The Morgan fingerprint density at radius 3 is 2.69 bits per heavy atom. The Hall–Kier alpha value is -3.29. The number of carbonyl (C=O) groups is 1. The molecule has 0 aliphatic heterocycles. The van der Waals surface area contributed by atoms with Crippen molar-refractivity contribution in [3.63, 3.8) is 0 Å². The molecule has 2 heterocycles. The highest BCUT2D eigenvalue weighted by molar-refractivity contribution is 6.03. The monoisotopic (exact) mass is 441 g/mol. The summed E-state index contributed by atoms with van der Waals surface area (Å²) in [5, 5.41) is 0.141. The van der Waals surface area contributed by atoms with Crippen LogP contribution in [0.3, 0.4) is 0 Å². The first kappa shape index (κ1) is 21.9. The van der Waals surface area contributed by atoms with Crippen molar-refractivity contribution in [3.8, 4) is 5.75 Å². The van der Waals surface area contributed by atoms with Crippen LogP contribution in [0, 0.1) is 17.0 Å². The van der Waals surface area contributed by atoms with Gasteiger partial charge in [0.05, 0.1) is 18.0 Å². The summed E-state index contributed by atoms with van der Waals surface area (Å²) in [6, 6.07) is 5.75. The highest BCUT2D eigenvalue weighted by Crippen LogP contribution is 2.52. The maximum absolute atomic E-state index is 14.5. The molecule has 0 radical (unpaired) electrons. The number of hydrogen-bond donors (Lipinski definition) is 2. The van der Waals surface area contributed by atoms with Crippen molar-refractivity contribution < 1.29 is 18.3 Å². The number of nitrogens with zero attached hydrogens (tertiary/aromatic N) is 1. The van der Waals surface area contributed by atoms with Gasteiger partial charge in [0, 0.05) is 29.4 Å². The molecular formula is C24H25F2N3O3. The molecule has 1 fully saturated rings. The lowest BCUT2D eigenvalue weighted by molar-refractivity contribution is 0.0997. The van der Waals surface area contributed by atoms with Crippen molar-refractivity contribution in [2.45, 2.75) is 44.9 Å². The van der Waals surface area contributed by atoms with Crippen molar-refractivity contribution in [2.24, 2.45) is 11.1 Å². The van der Waals surface area contributed by atoms with E-state index in [0.717, 1.165) is 18.9 Å². The molecule has 2 unspecified atom stereocenters. The van der Waals surface area contributed by atoms with Crippen LogP contribution in [0.25, 0.3) is 10.9 Å². The minimum Gasteiger partial charge on any atom is -0.493 e. The Balaban J connectivity index is 1.89. The van der Waals surface area contributed by atoms with Gasteiger partial charge in [-0.05, 0) is 42.7 Å². The molecule has 1 aliphatic carbocycles. The lowest BCUT2D eigenvalue weighted by Gasteiger charge is -2.41. The molecule has 1 amide bonds. The topological polar surface area (TPSA) is 98.1 Å². The van der Waals surface area contributed by atoms with E-state index in [1.807, 2.05) is 0 Å². The van der Waals surface area contributed by atoms with Crippen LogP contribution in [0.5, 0.6) is 5.75 Å². The number of pyridine rings is 2. The summed E-state index contributed by atoms with van der Waals surface area (Å²) in [6.45, 7) is 4.27. The Kier molecular flexibility index (Phi) is 5.48. The summed E-state index contributed by atoms with van der Waals surface area (Å²) in [7, 11) is 1.32. The number of nitrogens with two attached hydrogens (primary N) is 1. The van der Waals surface area contributed by atoms with E-state index in [2.05, 4.69) is 23.8 Å². The molecule has 4 rings (SSSR count). The third-order valence-electron chi connectivity index (χ3n) is 6.47. The molecule has 3 N–H and O–H groups in total. The second kappa shape index (κ2) is 8.00. The molecule has 2 aromatic heterocycles. The average Bonchev–Trinajstić information content (AvgIpc) is 2.74. The molecule has 1 saturated carbocycles. The van der Waals surface area contributed by atoms with E-state index >= 15 is 0 Å². The van der Waals surface area contributed by atoms with Gasteiger partial charge >= 0.3 is 0 Å². The van der Waals surface area contributed by atoms with Crippen LogP contribution in [0.4, 0.5) is 8.78 Å². The summed E-state index contributed by atoms with van der Waals surface area (Å²) < 4.78 is 33.6. The average molecular weight is 441 g/mol. The number of nitrogens with one attached hydrogen (secondary N) is 1. The van der Waals surface area contributed by atoms with Gasteiger partial charge in [-0.2, -0.15) is 4.39 Å². The quantitative estimate of drug-likeness (QED) is 0.628. The molecule has 6 nitrogen and oxygen atoms in total. The van der Waals surface area contributed by atoms with Crippen LogP contribution in [0.2, 0.25) is 0 Å². The summed E-state index contributed by atoms with van der Waals surface area (Å²) in [5.74, 6) is -3.25. The number of aromatic amines is 1. The van der Waals surface area contributed by atoms with Gasteiger partial charge in [-0.3, -0.25) is 14.6 Å². The van der Waals surface area contributed by atoms with Crippen LogP contribution in [-0.2, 0) is 0 Å². The minimum atomic E-state index is -1.02. The van der Waals surface area contributed by atoms with Crippen molar-refractivity contribution in [2.75, 3.05) is 7.11 Å². The predicted molar refractivity (Wildman–Crippen MR) is 117 cm³/mol. The molecule has 0 saturated heterocycles. The molecule has 3 aromatic rings.